The van der Waals surface area contributed by atoms with Gasteiger partial charge in [0.25, 0.3) is 0 Å². The van der Waals surface area contributed by atoms with E-state index in [1.807, 2.05) is 26.0 Å². The van der Waals surface area contributed by atoms with Crippen LogP contribution in [0.25, 0.3) is 0 Å². The molecule has 0 saturated heterocycles. The molecule has 1 saturated carbocycles. The molecule has 0 bridgehead atoms. The van der Waals surface area contributed by atoms with E-state index in [0.717, 1.165) is 18.0 Å². The standard InChI is InChI=1S/C16H25NO3/c1-16(2,18)11-17(13-6-7-13)10-12-5-8-14(19-3)15(9-12)20-4/h5,8-9,13,18H,6-7,10-11H2,1-4H3. The lowest BCUT2D eigenvalue weighted by Gasteiger charge is -2.29. The van der Waals surface area contributed by atoms with Gasteiger partial charge >= 0.3 is 0 Å². The normalized spacial score (nSPS) is 15.5. The number of rotatable bonds is 7. The minimum absolute atomic E-state index is 0.606. The van der Waals surface area contributed by atoms with Crippen molar-refractivity contribution >= 4 is 0 Å². The Kier molecular flexibility index (Phi) is 4.55. The topological polar surface area (TPSA) is 41.9 Å². The van der Waals surface area contributed by atoms with Gasteiger partial charge in [0.1, 0.15) is 0 Å². The summed E-state index contributed by atoms with van der Waals surface area (Å²) in [4.78, 5) is 2.35. The highest BCUT2D eigenvalue weighted by Crippen LogP contribution is 2.32. The van der Waals surface area contributed by atoms with E-state index in [1.54, 1.807) is 14.2 Å². The van der Waals surface area contributed by atoms with Crippen LogP contribution in [0.1, 0.15) is 32.3 Å². The van der Waals surface area contributed by atoms with Crippen molar-refractivity contribution in [2.75, 3.05) is 20.8 Å². The van der Waals surface area contributed by atoms with Crippen LogP contribution in [0, 0.1) is 0 Å². The highest BCUT2D eigenvalue weighted by atomic mass is 16.5. The van der Waals surface area contributed by atoms with Crippen molar-refractivity contribution in [2.24, 2.45) is 0 Å². The zero-order chi connectivity index (χ0) is 14.8. The number of hydrogen-bond acceptors (Lipinski definition) is 4. The first kappa shape index (κ1) is 15.1. The van der Waals surface area contributed by atoms with Gasteiger partial charge in [0.05, 0.1) is 19.8 Å². The van der Waals surface area contributed by atoms with Crippen LogP contribution >= 0.6 is 0 Å². The number of aliphatic hydroxyl groups is 1. The van der Waals surface area contributed by atoms with Gasteiger partial charge in [-0.2, -0.15) is 0 Å². The second kappa shape index (κ2) is 6.02. The van der Waals surface area contributed by atoms with E-state index in [1.165, 1.54) is 18.4 Å². The number of methoxy groups -OCH3 is 2. The van der Waals surface area contributed by atoms with Crippen LogP contribution < -0.4 is 9.47 Å². The van der Waals surface area contributed by atoms with Crippen molar-refractivity contribution in [2.45, 2.75) is 44.9 Å². The third-order valence-electron chi connectivity index (χ3n) is 3.49. The van der Waals surface area contributed by atoms with Crippen LogP contribution in [0.2, 0.25) is 0 Å². The zero-order valence-electron chi connectivity index (χ0n) is 12.8. The summed E-state index contributed by atoms with van der Waals surface area (Å²) in [5.41, 5.74) is 0.512. The van der Waals surface area contributed by atoms with Crippen LogP contribution in [0.4, 0.5) is 0 Å². The minimum atomic E-state index is -0.668. The van der Waals surface area contributed by atoms with Crippen molar-refractivity contribution in [3.63, 3.8) is 0 Å². The van der Waals surface area contributed by atoms with Gasteiger partial charge < -0.3 is 14.6 Å². The van der Waals surface area contributed by atoms with E-state index in [0.29, 0.717) is 12.6 Å². The van der Waals surface area contributed by atoms with E-state index in [4.69, 9.17) is 9.47 Å². The summed E-state index contributed by atoms with van der Waals surface area (Å²) in [6, 6.07) is 6.61. The number of hydrogen-bond donors (Lipinski definition) is 1. The lowest BCUT2D eigenvalue weighted by molar-refractivity contribution is 0.0304. The van der Waals surface area contributed by atoms with Crippen molar-refractivity contribution in [3.05, 3.63) is 23.8 Å². The summed E-state index contributed by atoms with van der Waals surface area (Å²) < 4.78 is 10.6. The SMILES string of the molecule is COc1ccc(CN(CC(C)(C)O)C2CC2)cc1OC. The van der Waals surface area contributed by atoms with Crippen LogP contribution in [0.15, 0.2) is 18.2 Å². The summed E-state index contributed by atoms with van der Waals surface area (Å²) in [5, 5.41) is 10.0. The molecule has 0 amide bonds. The van der Waals surface area contributed by atoms with Gasteiger partial charge in [-0.05, 0) is 44.4 Å². The van der Waals surface area contributed by atoms with Gasteiger partial charge in [-0.3, -0.25) is 4.90 Å². The summed E-state index contributed by atoms with van der Waals surface area (Å²) in [6.45, 7) is 5.23. The van der Waals surface area contributed by atoms with E-state index < -0.39 is 5.60 Å². The Morgan fingerprint density at radius 3 is 2.35 bits per heavy atom. The fourth-order valence-corrected chi connectivity index (χ4v) is 2.46. The molecule has 1 aromatic carbocycles. The largest absolute Gasteiger partial charge is 0.493 e. The molecule has 1 fully saturated rings. The van der Waals surface area contributed by atoms with Crippen LogP contribution in [0.3, 0.4) is 0 Å². The third-order valence-corrected chi connectivity index (χ3v) is 3.49. The zero-order valence-corrected chi connectivity index (χ0v) is 12.8. The maximum atomic E-state index is 10.0. The molecular weight excluding hydrogens is 254 g/mol. The molecule has 1 aromatic rings. The van der Waals surface area contributed by atoms with Gasteiger partial charge in [0.15, 0.2) is 11.5 Å². The summed E-state index contributed by atoms with van der Waals surface area (Å²) in [7, 11) is 3.29. The predicted molar refractivity (Wildman–Crippen MR) is 79.3 cm³/mol. The van der Waals surface area contributed by atoms with E-state index >= 15 is 0 Å². The van der Waals surface area contributed by atoms with Crippen LogP contribution in [-0.4, -0.2) is 42.4 Å². The molecule has 0 atom stereocenters. The molecule has 4 nitrogen and oxygen atoms in total. The Balaban J connectivity index is 2.10. The molecule has 0 aliphatic heterocycles. The Morgan fingerprint density at radius 2 is 1.85 bits per heavy atom. The molecule has 0 radical (unpaired) electrons. The third kappa shape index (κ3) is 4.12. The highest BCUT2D eigenvalue weighted by Gasteiger charge is 2.32. The van der Waals surface area contributed by atoms with E-state index in [2.05, 4.69) is 11.0 Å². The molecule has 0 spiro atoms. The monoisotopic (exact) mass is 279 g/mol. The van der Waals surface area contributed by atoms with E-state index in [-0.39, 0.29) is 0 Å². The first-order valence-corrected chi connectivity index (χ1v) is 7.10. The Labute approximate surface area is 121 Å². The molecule has 4 heteroatoms. The van der Waals surface area contributed by atoms with Gasteiger partial charge in [-0.25, -0.2) is 0 Å². The smallest absolute Gasteiger partial charge is 0.161 e. The second-order valence-corrected chi connectivity index (χ2v) is 6.14. The van der Waals surface area contributed by atoms with Crippen LogP contribution in [0.5, 0.6) is 11.5 Å². The van der Waals surface area contributed by atoms with Crippen molar-refractivity contribution < 1.29 is 14.6 Å². The molecule has 112 valence electrons. The second-order valence-electron chi connectivity index (χ2n) is 6.14. The van der Waals surface area contributed by atoms with Crippen molar-refractivity contribution in [1.82, 2.24) is 4.90 Å². The van der Waals surface area contributed by atoms with Crippen molar-refractivity contribution in [1.29, 1.82) is 0 Å². The summed E-state index contributed by atoms with van der Waals surface area (Å²) in [6.07, 6.45) is 2.45. The lowest BCUT2D eigenvalue weighted by Crippen LogP contribution is -2.39. The molecule has 20 heavy (non-hydrogen) atoms. The Hall–Kier alpha value is -1.26. The molecule has 2 rings (SSSR count). The van der Waals surface area contributed by atoms with Crippen LogP contribution in [-0.2, 0) is 6.54 Å². The first-order valence-electron chi connectivity index (χ1n) is 7.10. The number of benzene rings is 1. The minimum Gasteiger partial charge on any atom is -0.493 e. The molecule has 1 aliphatic rings. The quantitative estimate of drug-likeness (QED) is 0.832. The summed E-state index contributed by atoms with van der Waals surface area (Å²) >= 11 is 0. The number of ether oxygens (including phenoxy) is 2. The highest BCUT2D eigenvalue weighted by molar-refractivity contribution is 5.42. The molecule has 0 aromatic heterocycles. The van der Waals surface area contributed by atoms with Gasteiger partial charge in [-0.1, -0.05) is 6.07 Å². The fourth-order valence-electron chi connectivity index (χ4n) is 2.46. The fraction of sp³-hybridized carbons (Fsp3) is 0.625. The Bertz CT molecular complexity index is 450. The van der Waals surface area contributed by atoms with Gasteiger partial charge in [-0.15, -0.1) is 0 Å². The maximum absolute atomic E-state index is 10.0. The maximum Gasteiger partial charge on any atom is 0.161 e. The molecular formula is C16H25NO3. The van der Waals surface area contributed by atoms with E-state index in [9.17, 15) is 5.11 Å². The summed E-state index contributed by atoms with van der Waals surface area (Å²) in [5.74, 6) is 1.50. The Morgan fingerprint density at radius 1 is 1.20 bits per heavy atom. The number of nitrogens with zero attached hydrogens (tertiary/aromatic N) is 1. The predicted octanol–water partition coefficient (Wildman–Crippen LogP) is 2.44. The average Bonchev–Trinajstić information content (AvgIpc) is 3.20. The van der Waals surface area contributed by atoms with Gasteiger partial charge in [0, 0.05) is 19.1 Å². The molecule has 0 unspecified atom stereocenters. The average molecular weight is 279 g/mol. The van der Waals surface area contributed by atoms with Crippen molar-refractivity contribution in [3.8, 4) is 11.5 Å². The van der Waals surface area contributed by atoms with Gasteiger partial charge in [0.2, 0.25) is 0 Å². The first-order chi connectivity index (χ1) is 9.43. The molecule has 0 heterocycles. The molecule has 1 aliphatic carbocycles. The molecule has 1 N–H and O–H groups in total. The lowest BCUT2D eigenvalue weighted by atomic mass is 10.1.